The van der Waals surface area contributed by atoms with Gasteiger partial charge >= 0.3 is 7.12 Å². The Kier molecular flexibility index (Phi) is 4.15. The van der Waals surface area contributed by atoms with E-state index in [9.17, 15) is 0 Å². The zero-order valence-electron chi connectivity index (χ0n) is 17.2. The van der Waals surface area contributed by atoms with Crippen LogP contribution in [0.5, 0.6) is 0 Å². The second kappa shape index (κ2) is 5.83. The Morgan fingerprint density at radius 3 is 2.46 bits per heavy atom. The molecule has 0 amide bonds. The van der Waals surface area contributed by atoms with Crippen LogP contribution in [0.25, 0.3) is 0 Å². The molecule has 5 atom stereocenters. The molecule has 140 valence electrons. The van der Waals surface area contributed by atoms with Crippen LogP contribution < -0.4 is 5.19 Å². The predicted molar refractivity (Wildman–Crippen MR) is 112 cm³/mol. The molecule has 2 bridgehead atoms. The molecule has 0 radical (unpaired) electrons. The SMILES string of the molecule is C=C(B1O[C@H]2C[C@H]3C[C@H](C3(C)C)[C@@]2(C)O1)[C@H](C)[Si](C)(C)c1ccccc1. The lowest BCUT2D eigenvalue weighted by Gasteiger charge is -2.64. The van der Waals surface area contributed by atoms with Crippen LogP contribution in [-0.2, 0) is 9.31 Å². The first-order chi connectivity index (χ1) is 12.1. The predicted octanol–water partition coefficient (Wildman–Crippen LogP) is 4.82. The van der Waals surface area contributed by atoms with Gasteiger partial charge in [0.15, 0.2) is 0 Å². The average Bonchev–Trinajstić information content (AvgIpc) is 2.98. The summed E-state index contributed by atoms with van der Waals surface area (Å²) in [5, 5.41) is 1.47. The van der Waals surface area contributed by atoms with Gasteiger partial charge in [-0.1, -0.05) is 69.4 Å². The number of hydrogen-bond donors (Lipinski definition) is 0. The van der Waals surface area contributed by atoms with Gasteiger partial charge in [-0.15, -0.1) is 6.58 Å². The van der Waals surface area contributed by atoms with E-state index in [2.05, 4.69) is 77.7 Å². The van der Waals surface area contributed by atoms with Crippen LogP contribution in [-0.4, -0.2) is 26.9 Å². The normalized spacial score (nSPS) is 36.2. The summed E-state index contributed by atoms with van der Waals surface area (Å²) in [5.41, 5.74) is 1.77. The van der Waals surface area contributed by atoms with Crippen LogP contribution in [0.1, 0.15) is 40.5 Å². The van der Waals surface area contributed by atoms with E-state index in [1.54, 1.807) is 0 Å². The third-order valence-corrected chi connectivity index (χ3v) is 12.8. The number of allylic oxidation sites excluding steroid dienone is 1. The Labute approximate surface area is 160 Å². The maximum Gasteiger partial charge on any atom is 0.489 e. The lowest BCUT2D eigenvalue weighted by molar-refractivity contribution is -0.199. The third-order valence-electron chi connectivity index (χ3n) is 8.41. The summed E-state index contributed by atoms with van der Waals surface area (Å²) in [7, 11) is -1.93. The second-order valence-corrected chi connectivity index (χ2v) is 15.1. The largest absolute Gasteiger partial charge is 0.489 e. The van der Waals surface area contributed by atoms with E-state index < -0.39 is 8.07 Å². The summed E-state index contributed by atoms with van der Waals surface area (Å²) in [5.74, 6) is 1.39. The van der Waals surface area contributed by atoms with Gasteiger partial charge in [0.05, 0.1) is 19.8 Å². The van der Waals surface area contributed by atoms with Crippen molar-refractivity contribution < 1.29 is 9.31 Å². The Morgan fingerprint density at radius 1 is 1.19 bits per heavy atom. The van der Waals surface area contributed by atoms with E-state index in [1.165, 1.54) is 11.6 Å². The summed E-state index contributed by atoms with van der Waals surface area (Å²) < 4.78 is 13.1. The molecule has 0 spiro atoms. The molecule has 1 aliphatic heterocycles. The molecule has 4 fully saturated rings. The summed E-state index contributed by atoms with van der Waals surface area (Å²) in [6.45, 7) is 18.8. The molecule has 0 unspecified atom stereocenters. The maximum atomic E-state index is 6.65. The summed E-state index contributed by atoms with van der Waals surface area (Å²) in [4.78, 5) is 0. The molecule has 3 saturated carbocycles. The molecule has 2 nitrogen and oxygen atoms in total. The van der Waals surface area contributed by atoms with Crippen LogP contribution >= 0.6 is 0 Å². The molecule has 1 aromatic carbocycles. The Bertz CT molecular complexity index is 716. The van der Waals surface area contributed by atoms with E-state index in [0.717, 1.165) is 17.8 Å². The molecule has 26 heavy (non-hydrogen) atoms. The molecule has 0 N–H and O–H groups in total. The number of hydrogen-bond acceptors (Lipinski definition) is 2. The summed E-state index contributed by atoms with van der Waals surface area (Å²) in [6.07, 6.45) is 2.66. The maximum absolute atomic E-state index is 6.65. The standard InChI is InChI=1S/C22H33BO2Si/c1-15(16(2)26(6,7)18-11-9-8-10-12-18)23-24-20-14-17-13-19(21(17,3)4)22(20,5)25-23/h8-12,16-17,19-20H,1,13-14H2,2-7H3/t16-,17+,19+,20-,22+/m0/s1. The molecular formula is C22H33BO2Si. The van der Waals surface area contributed by atoms with Gasteiger partial charge in [-0.05, 0) is 48.0 Å². The minimum absolute atomic E-state index is 0.149. The van der Waals surface area contributed by atoms with Crippen molar-refractivity contribution in [2.45, 2.75) is 70.9 Å². The van der Waals surface area contributed by atoms with Gasteiger partial charge in [-0.3, -0.25) is 0 Å². The Balaban J connectivity index is 1.53. The first-order valence-corrected chi connectivity index (χ1v) is 13.2. The average molecular weight is 368 g/mol. The van der Waals surface area contributed by atoms with E-state index in [4.69, 9.17) is 9.31 Å². The topological polar surface area (TPSA) is 18.5 Å². The van der Waals surface area contributed by atoms with E-state index in [1.807, 2.05) is 0 Å². The Hall–Kier alpha value is -0.838. The molecule has 0 aromatic heterocycles. The van der Waals surface area contributed by atoms with Gasteiger partial charge < -0.3 is 9.31 Å². The van der Waals surface area contributed by atoms with Crippen molar-refractivity contribution in [2.24, 2.45) is 17.3 Å². The molecule has 1 aromatic rings. The van der Waals surface area contributed by atoms with Crippen molar-refractivity contribution in [3.63, 3.8) is 0 Å². The molecule has 1 saturated heterocycles. The Morgan fingerprint density at radius 2 is 1.85 bits per heavy atom. The first kappa shape index (κ1) is 18.5. The van der Waals surface area contributed by atoms with Gasteiger partial charge in [0.1, 0.15) is 0 Å². The van der Waals surface area contributed by atoms with Crippen molar-refractivity contribution in [3.05, 3.63) is 42.4 Å². The molecule has 4 aliphatic rings. The van der Waals surface area contributed by atoms with E-state index in [0.29, 0.717) is 16.9 Å². The quantitative estimate of drug-likeness (QED) is 0.710. The van der Waals surface area contributed by atoms with Crippen molar-refractivity contribution in [2.75, 3.05) is 0 Å². The van der Waals surface area contributed by atoms with Crippen LogP contribution in [0.2, 0.25) is 18.6 Å². The molecular weight excluding hydrogens is 335 g/mol. The van der Waals surface area contributed by atoms with Gasteiger partial charge in [-0.25, -0.2) is 0 Å². The van der Waals surface area contributed by atoms with E-state index in [-0.39, 0.29) is 18.8 Å². The zero-order valence-corrected chi connectivity index (χ0v) is 18.2. The lowest BCUT2D eigenvalue weighted by Crippen LogP contribution is -2.65. The minimum Gasteiger partial charge on any atom is -0.402 e. The van der Waals surface area contributed by atoms with Gasteiger partial charge in [0.2, 0.25) is 0 Å². The van der Waals surface area contributed by atoms with Crippen molar-refractivity contribution >= 4 is 20.4 Å². The fourth-order valence-corrected chi connectivity index (χ4v) is 8.42. The van der Waals surface area contributed by atoms with Crippen molar-refractivity contribution in [1.29, 1.82) is 0 Å². The fraction of sp³-hybridized carbons (Fsp3) is 0.636. The molecule has 4 heteroatoms. The van der Waals surface area contributed by atoms with Gasteiger partial charge in [-0.2, -0.15) is 0 Å². The van der Waals surface area contributed by atoms with Gasteiger partial charge in [0, 0.05) is 0 Å². The zero-order chi connectivity index (χ0) is 18.9. The third kappa shape index (κ3) is 2.45. The lowest BCUT2D eigenvalue weighted by atomic mass is 9.43. The van der Waals surface area contributed by atoms with Gasteiger partial charge in [0.25, 0.3) is 0 Å². The highest BCUT2D eigenvalue weighted by Gasteiger charge is 2.68. The highest BCUT2D eigenvalue weighted by Crippen LogP contribution is 2.66. The fourth-order valence-electron chi connectivity index (χ4n) is 5.81. The number of rotatable bonds is 4. The summed E-state index contributed by atoms with van der Waals surface area (Å²) >= 11 is 0. The molecule has 5 rings (SSSR count). The van der Waals surface area contributed by atoms with Crippen LogP contribution in [0, 0.1) is 17.3 Å². The molecule has 3 aliphatic carbocycles. The molecule has 1 heterocycles. The highest BCUT2D eigenvalue weighted by atomic mass is 28.3. The monoisotopic (exact) mass is 368 g/mol. The smallest absolute Gasteiger partial charge is 0.402 e. The highest BCUT2D eigenvalue weighted by molar-refractivity contribution is 6.92. The van der Waals surface area contributed by atoms with Crippen LogP contribution in [0.3, 0.4) is 0 Å². The summed E-state index contributed by atoms with van der Waals surface area (Å²) in [6, 6.07) is 10.9. The second-order valence-electron chi connectivity index (χ2n) is 10.2. The van der Waals surface area contributed by atoms with Crippen LogP contribution in [0.4, 0.5) is 0 Å². The number of benzene rings is 1. The van der Waals surface area contributed by atoms with Crippen LogP contribution in [0.15, 0.2) is 42.4 Å². The first-order valence-electron chi connectivity index (χ1n) is 10.2. The minimum atomic E-state index is -1.68. The van der Waals surface area contributed by atoms with Crippen molar-refractivity contribution in [1.82, 2.24) is 0 Å². The van der Waals surface area contributed by atoms with Crippen molar-refractivity contribution in [3.8, 4) is 0 Å². The van der Waals surface area contributed by atoms with E-state index >= 15 is 0 Å².